The maximum atomic E-state index is 13.7. The highest BCUT2D eigenvalue weighted by atomic mass is 32.1. The van der Waals surface area contributed by atoms with E-state index < -0.39 is 11.9 Å². The van der Waals surface area contributed by atoms with Crippen LogP contribution in [0.1, 0.15) is 30.0 Å². The van der Waals surface area contributed by atoms with Crippen molar-refractivity contribution >= 4 is 29.0 Å². The molecule has 2 aromatic heterocycles. The Morgan fingerprint density at radius 2 is 1.82 bits per heavy atom. The number of allylic oxidation sites excluding steroid dienone is 1. The Labute approximate surface area is 198 Å². The summed E-state index contributed by atoms with van der Waals surface area (Å²) in [6.07, 6.45) is 1.67. The van der Waals surface area contributed by atoms with Crippen LogP contribution >= 0.6 is 11.3 Å². The van der Waals surface area contributed by atoms with Crippen LogP contribution in [0.3, 0.4) is 0 Å². The number of rotatable bonds is 4. The van der Waals surface area contributed by atoms with Crippen LogP contribution in [0.5, 0.6) is 0 Å². The average Bonchev–Trinajstić information content (AvgIpc) is 3.36. The summed E-state index contributed by atoms with van der Waals surface area (Å²) in [4.78, 5) is 32.0. The number of anilines is 1. The molecule has 0 spiro atoms. The van der Waals surface area contributed by atoms with E-state index in [2.05, 4.69) is 10.3 Å². The number of nitrogens with one attached hydrogen (secondary N) is 1. The van der Waals surface area contributed by atoms with Gasteiger partial charge in [0.25, 0.3) is 11.5 Å². The van der Waals surface area contributed by atoms with Crippen molar-refractivity contribution in [1.82, 2.24) is 4.57 Å². The number of thiazole rings is 1. The van der Waals surface area contributed by atoms with E-state index in [0.717, 1.165) is 5.76 Å². The van der Waals surface area contributed by atoms with Gasteiger partial charge in [0.15, 0.2) is 4.80 Å². The van der Waals surface area contributed by atoms with Crippen LogP contribution in [-0.2, 0) is 4.79 Å². The molecule has 3 heterocycles. The summed E-state index contributed by atoms with van der Waals surface area (Å²) in [6, 6.07) is 17.7. The molecule has 1 atom stereocenters. The lowest BCUT2D eigenvalue weighted by molar-refractivity contribution is -0.113. The van der Waals surface area contributed by atoms with Crippen LogP contribution in [-0.4, -0.2) is 10.5 Å². The summed E-state index contributed by atoms with van der Waals surface area (Å²) >= 11 is 1.22. The van der Waals surface area contributed by atoms with Gasteiger partial charge in [-0.25, -0.2) is 9.38 Å². The van der Waals surface area contributed by atoms with Gasteiger partial charge in [-0.05, 0) is 55.8 Å². The Bertz CT molecular complexity index is 1600. The predicted molar refractivity (Wildman–Crippen MR) is 129 cm³/mol. The van der Waals surface area contributed by atoms with Gasteiger partial charge in [-0.2, -0.15) is 0 Å². The van der Waals surface area contributed by atoms with Crippen LogP contribution in [0.25, 0.3) is 6.08 Å². The van der Waals surface area contributed by atoms with Crippen LogP contribution in [0.2, 0.25) is 0 Å². The quantitative estimate of drug-likeness (QED) is 0.488. The zero-order valence-electron chi connectivity index (χ0n) is 18.4. The molecular formula is C26H20FN3O3S. The fraction of sp³-hybridized carbons (Fsp3) is 0.115. The summed E-state index contributed by atoms with van der Waals surface area (Å²) in [5, 5.41) is 2.89. The van der Waals surface area contributed by atoms with Crippen molar-refractivity contribution in [2.24, 2.45) is 4.99 Å². The second-order valence-corrected chi connectivity index (χ2v) is 8.91. The number of para-hydroxylation sites is 1. The van der Waals surface area contributed by atoms with Crippen molar-refractivity contribution in [3.63, 3.8) is 0 Å². The molecule has 1 aliphatic heterocycles. The number of hydrogen-bond donors (Lipinski definition) is 1. The minimum absolute atomic E-state index is 0.301. The summed E-state index contributed by atoms with van der Waals surface area (Å²) in [5.41, 5.74) is 1.74. The molecule has 1 aliphatic rings. The smallest absolute Gasteiger partial charge is 0.271 e. The minimum Gasteiger partial charge on any atom is -0.462 e. The molecule has 8 heteroatoms. The summed E-state index contributed by atoms with van der Waals surface area (Å²) in [6.45, 7) is 3.57. The third-order valence-corrected chi connectivity index (χ3v) is 6.50. The first-order chi connectivity index (χ1) is 16.4. The maximum absolute atomic E-state index is 13.7. The summed E-state index contributed by atoms with van der Waals surface area (Å²) in [5.74, 6) is 0.510. The van der Waals surface area contributed by atoms with E-state index >= 15 is 0 Å². The highest BCUT2D eigenvalue weighted by Gasteiger charge is 2.32. The summed E-state index contributed by atoms with van der Waals surface area (Å²) in [7, 11) is 0. The topological polar surface area (TPSA) is 76.6 Å². The van der Waals surface area contributed by atoms with Crippen LogP contribution in [0, 0.1) is 12.7 Å². The number of carbonyl (C=O) groups is 1. The molecule has 5 rings (SSSR count). The zero-order chi connectivity index (χ0) is 23.8. The van der Waals surface area contributed by atoms with Gasteiger partial charge in [0.05, 0.1) is 21.8 Å². The number of fused-ring (bicyclic) bond motifs is 1. The van der Waals surface area contributed by atoms with E-state index in [9.17, 15) is 14.0 Å². The Hall–Kier alpha value is -4.04. The van der Waals surface area contributed by atoms with Gasteiger partial charge in [0.1, 0.15) is 17.3 Å². The van der Waals surface area contributed by atoms with Crippen LogP contribution < -0.4 is 20.2 Å². The van der Waals surface area contributed by atoms with Crippen molar-refractivity contribution < 1.29 is 13.6 Å². The molecule has 6 nitrogen and oxygen atoms in total. The second kappa shape index (κ2) is 8.72. The zero-order valence-corrected chi connectivity index (χ0v) is 19.2. The first kappa shape index (κ1) is 21.8. The van der Waals surface area contributed by atoms with Crippen molar-refractivity contribution in [3.05, 3.63) is 121 Å². The normalized spacial score (nSPS) is 15.7. The van der Waals surface area contributed by atoms with Crippen LogP contribution in [0.4, 0.5) is 10.1 Å². The number of halogens is 1. The Balaban J connectivity index is 1.68. The lowest BCUT2D eigenvalue weighted by Gasteiger charge is -2.25. The molecule has 1 amide bonds. The van der Waals surface area contributed by atoms with E-state index in [4.69, 9.17) is 4.42 Å². The molecule has 170 valence electrons. The predicted octanol–water partition coefficient (Wildman–Crippen LogP) is 3.91. The maximum Gasteiger partial charge on any atom is 0.271 e. The molecule has 0 bridgehead atoms. The van der Waals surface area contributed by atoms with Crippen molar-refractivity contribution in [2.75, 3.05) is 5.32 Å². The SMILES string of the molecule is CC1=C(C(=O)Nc2ccccc2)[C@H](c2ccc(F)cc2)n2c(s/c(=C/c3ccc(C)o3)c2=O)=N1. The third kappa shape index (κ3) is 4.04. The lowest BCUT2D eigenvalue weighted by atomic mass is 9.95. The molecule has 0 saturated carbocycles. The average molecular weight is 474 g/mol. The van der Waals surface area contributed by atoms with Crippen molar-refractivity contribution in [2.45, 2.75) is 19.9 Å². The minimum atomic E-state index is -0.763. The number of aromatic nitrogens is 1. The molecule has 2 aromatic carbocycles. The largest absolute Gasteiger partial charge is 0.462 e. The van der Waals surface area contributed by atoms with Gasteiger partial charge in [-0.15, -0.1) is 0 Å². The molecular weight excluding hydrogens is 453 g/mol. The fourth-order valence-corrected chi connectivity index (χ4v) is 4.98. The number of furan rings is 1. The number of hydrogen-bond acceptors (Lipinski definition) is 5. The van der Waals surface area contributed by atoms with Gasteiger partial charge in [0.2, 0.25) is 0 Å². The Morgan fingerprint density at radius 3 is 2.50 bits per heavy atom. The summed E-state index contributed by atoms with van der Waals surface area (Å²) < 4.78 is 21.2. The molecule has 0 fully saturated rings. The van der Waals surface area contributed by atoms with Crippen LogP contribution in [0.15, 0.2) is 92.2 Å². The van der Waals surface area contributed by atoms with Crippen molar-refractivity contribution in [1.29, 1.82) is 0 Å². The monoisotopic (exact) mass is 473 g/mol. The Morgan fingerprint density at radius 1 is 1.09 bits per heavy atom. The third-order valence-electron chi connectivity index (χ3n) is 5.52. The highest BCUT2D eigenvalue weighted by molar-refractivity contribution is 7.07. The van der Waals surface area contributed by atoms with Gasteiger partial charge in [-0.3, -0.25) is 14.2 Å². The standard InChI is InChI=1S/C26H20FN3O3S/c1-15-8-13-20(33-15)14-21-25(32)30-23(17-9-11-18(27)12-10-17)22(16(2)28-26(30)34-21)24(31)29-19-6-4-3-5-7-19/h3-14,23H,1-2H3,(H,29,31)/b21-14+/t23-/m0/s1. The lowest BCUT2D eigenvalue weighted by Crippen LogP contribution is -2.40. The molecule has 1 N–H and O–H groups in total. The van der Waals surface area contributed by atoms with E-state index in [1.165, 1.54) is 28.0 Å². The number of nitrogens with zero attached hydrogens (tertiary/aromatic N) is 2. The Kier molecular flexibility index (Phi) is 5.59. The van der Waals surface area contributed by atoms with Gasteiger partial charge < -0.3 is 9.73 Å². The fourth-order valence-electron chi connectivity index (χ4n) is 3.95. The number of benzene rings is 2. The van der Waals surface area contributed by atoms with E-state index in [0.29, 0.717) is 37.6 Å². The second-order valence-electron chi connectivity index (χ2n) is 7.90. The molecule has 0 saturated heterocycles. The first-order valence-corrected chi connectivity index (χ1v) is 11.4. The molecule has 0 radical (unpaired) electrons. The first-order valence-electron chi connectivity index (χ1n) is 10.6. The number of amides is 1. The number of carbonyl (C=O) groups excluding carboxylic acids is 1. The van der Waals surface area contributed by atoms with E-state index in [-0.39, 0.29) is 11.5 Å². The molecule has 34 heavy (non-hydrogen) atoms. The van der Waals surface area contributed by atoms with E-state index in [1.807, 2.05) is 31.2 Å². The van der Waals surface area contributed by atoms with Crippen molar-refractivity contribution in [3.8, 4) is 0 Å². The molecule has 4 aromatic rings. The van der Waals surface area contributed by atoms with Gasteiger partial charge >= 0.3 is 0 Å². The number of aryl methyl sites for hydroxylation is 1. The van der Waals surface area contributed by atoms with Gasteiger partial charge in [-0.1, -0.05) is 41.7 Å². The molecule has 0 aliphatic carbocycles. The molecule has 0 unspecified atom stereocenters. The van der Waals surface area contributed by atoms with Gasteiger partial charge in [0, 0.05) is 11.8 Å². The highest BCUT2D eigenvalue weighted by Crippen LogP contribution is 2.30. The van der Waals surface area contributed by atoms with E-state index in [1.54, 1.807) is 43.3 Å².